The number of halogens is 2. The lowest BCUT2D eigenvalue weighted by Gasteiger charge is -2.31. The minimum atomic E-state index is -3.85. The second-order valence-electron chi connectivity index (χ2n) is 6.53. The standard InChI is InChI=1S/C17H20ClFN4O3S/c1-22-11-13(10-21-22)17(24)20-9-12-4-6-23(7-5-12)27(25,26)16-8-14(19)2-3-15(16)18/h2-3,8,10-12H,4-7,9H2,1H3,(H,20,24). The average Bonchev–Trinajstić information content (AvgIpc) is 3.08. The number of sulfonamides is 1. The average molecular weight is 415 g/mol. The molecule has 1 fully saturated rings. The molecule has 0 radical (unpaired) electrons. The zero-order chi connectivity index (χ0) is 19.6. The number of carbonyl (C=O) groups is 1. The number of benzene rings is 1. The van der Waals surface area contributed by atoms with Gasteiger partial charge in [-0.1, -0.05) is 11.6 Å². The first-order chi connectivity index (χ1) is 12.8. The Morgan fingerprint density at radius 2 is 2.07 bits per heavy atom. The molecule has 1 amide bonds. The first-order valence-corrected chi connectivity index (χ1v) is 10.3. The van der Waals surface area contributed by atoms with E-state index in [2.05, 4.69) is 10.4 Å². The monoisotopic (exact) mass is 414 g/mol. The fraction of sp³-hybridized carbons (Fsp3) is 0.412. The summed E-state index contributed by atoms with van der Waals surface area (Å²) in [6, 6.07) is 3.31. The summed E-state index contributed by atoms with van der Waals surface area (Å²) in [7, 11) is -2.11. The molecule has 0 saturated carbocycles. The maximum absolute atomic E-state index is 13.4. The fourth-order valence-electron chi connectivity index (χ4n) is 3.05. The second kappa shape index (κ2) is 7.95. The lowest BCUT2D eigenvalue weighted by molar-refractivity contribution is 0.0941. The van der Waals surface area contributed by atoms with E-state index in [0.717, 1.165) is 12.1 Å². The van der Waals surface area contributed by atoms with Gasteiger partial charge >= 0.3 is 0 Å². The summed E-state index contributed by atoms with van der Waals surface area (Å²) >= 11 is 5.95. The van der Waals surface area contributed by atoms with Crippen LogP contribution in [0.3, 0.4) is 0 Å². The van der Waals surface area contributed by atoms with Crippen LogP contribution in [0.2, 0.25) is 5.02 Å². The van der Waals surface area contributed by atoms with E-state index in [4.69, 9.17) is 11.6 Å². The quantitative estimate of drug-likeness (QED) is 0.811. The molecular weight excluding hydrogens is 395 g/mol. The van der Waals surface area contributed by atoms with E-state index in [-0.39, 0.29) is 21.7 Å². The van der Waals surface area contributed by atoms with Crippen LogP contribution >= 0.6 is 11.6 Å². The Morgan fingerprint density at radius 1 is 1.37 bits per heavy atom. The molecule has 27 heavy (non-hydrogen) atoms. The Balaban J connectivity index is 1.57. The third kappa shape index (κ3) is 4.48. The van der Waals surface area contributed by atoms with Crippen molar-refractivity contribution in [1.82, 2.24) is 19.4 Å². The molecule has 1 aliphatic rings. The number of nitrogens with one attached hydrogen (secondary N) is 1. The van der Waals surface area contributed by atoms with Gasteiger partial charge in [0.2, 0.25) is 10.0 Å². The zero-order valence-electron chi connectivity index (χ0n) is 14.7. The Bertz CT molecular complexity index is 939. The normalized spacial score (nSPS) is 16.4. The summed E-state index contributed by atoms with van der Waals surface area (Å²) in [4.78, 5) is 11.8. The number of carbonyl (C=O) groups excluding carboxylic acids is 1. The van der Waals surface area contributed by atoms with Gasteiger partial charge in [0.25, 0.3) is 5.91 Å². The molecule has 0 bridgehead atoms. The Labute approximate surface area is 162 Å². The molecule has 0 unspecified atom stereocenters. The van der Waals surface area contributed by atoms with Gasteiger partial charge in [-0.2, -0.15) is 9.40 Å². The molecule has 0 aliphatic carbocycles. The Kier molecular flexibility index (Phi) is 5.83. The van der Waals surface area contributed by atoms with E-state index in [1.165, 1.54) is 16.6 Å². The van der Waals surface area contributed by atoms with Gasteiger partial charge in [-0.05, 0) is 37.0 Å². The number of aromatic nitrogens is 2. The van der Waals surface area contributed by atoms with Gasteiger partial charge in [-0.25, -0.2) is 12.8 Å². The summed E-state index contributed by atoms with van der Waals surface area (Å²) in [6.45, 7) is 1.05. The Hall–Kier alpha value is -1.97. The molecule has 2 aromatic rings. The highest BCUT2D eigenvalue weighted by Gasteiger charge is 2.31. The van der Waals surface area contributed by atoms with Crippen molar-refractivity contribution < 1.29 is 17.6 Å². The van der Waals surface area contributed by atoms with Gasteiger partial charge < -0.3 is 5.32 Å². The SMILES string of the molecule is Cn1cc(C(=O)NCC2CCN(S(=O)(=O)c3cc(F)ccc3Cl)CC2)cn1. The van der Waals surface area contributed by atoms with E-state index in [1.807, 2.05) is 0 Å². The number of piperidine rings is 1. The van der Waals surface area contributed by atoms with E-state index in [0.29, 0.717) is 38.0 Å². The van der Waals surface area contributed by atoms with Crippen LogP contribution in [-0.4, -0.2) is 48.0 Å². The van der Waals surface area contributed by atoms with Gasteiger partial charge in [0, 0.05) is 32.9 Å². The molecule has 1 aliphatic heterocycles. The van der Waals surface area contributed by atoms with Crippen LogP contribution in [0.25, 0.3) is 0 Å². The van der Waals surface area contributed by atoms with Crippen molar-refractivity contribution in [2.45, 2.75) is 17.7 Å². The topological polar surface area (TPSA) is 84.3 Å². The molecule has 0 spiro atoms. The minimum absolute atomic E-state index is 0.00209. The van der Waals surface area contributed by atoms with Crippen molar-refractivity contribution in [2.24, 2.45) is 13.0 Å². The molecule has 7 nitrogen and oxygen atoms in total. The highest BCUT2D eigenvalue weighted by atomic mass is 35.5. The van der Waals surface area contributed by atoms with E-state index in [9.17, 15) is 17.6 Å². The largest absolute Gasteiger partial charge is 0.352 e. The molecule has 0 atom stereocenters. The third-order valence-electron chi connectivity index (χ3n) is 4.60. The molecule has 1 aromatic heterocycles. The van der Waals surface area contributed by atoms with E-state index >= 15 is 0 Å². The first-order valence-electron chi connectivity index (χ1n) is 8.49. The molecule has 3 rings (SSSR count). The van der Waals surface area contributed by atoms with Crippen LogP contribution in [0.1, 0.15) is 23.2 Å². The van der Waals surface area contributed by atoms with Crippen LogP contribution < -0.4 is 5.32 Å². The predicted molar refractivity (Wildman–Crippen MR) is 98.4 cm³/mol. The van der Waals surface area contributed by atoms with E-state index < -0.39 is 15.8 Å². The maximum Gasteiger partial charge on any atom is 0.254 e. The molecular formula is C17H20ClFN4O3S. The second-order valence-corrected chi connectivity index (χ2v) is 8.85. The van der Waals surface area contributed by atoms with Crippen molar-refractivity contribution in [1.29, 1.82) is 0 Å². The van der Waals surface area contributed by atoms with Gasteiger partial charge in [0.05, 0.1) is 16.8 Å². The highest BCUT2D eigenvalue weighted by Crippen LogP contribution is 2.28. The van der Waals surface area contributed by atoms with E-state index in [1.54, 1.807) is 17.9 Å². The molecule has 1 N–H and O–H groups in total. The summed E-state index contributed by atoms with van der Waals surface area (Å²) in [5, 5.41) is 6.81. The first kappa shape index (κ1) is 19.8. The molecule has 146 valence electrons. The Morgan fingerprint density at radius 3 is 2.70 bits per heavy atom. The smallest absolute Gasteiger partial charge is 0.254 e. The van der Waals surface area contributed by atoms with Crippen LogP contribution in [0.15, 0.2) is 35.5 Å². The number of aryl methyl sites for hydroxylation is 1. The lowest BCUT2D eigenvalue weighted by atomic mass is 9.98. The molecule has 10 heteroatoms. The van der Waals surface area contributed by atoms with Crippen molar-refractivity contribution >= 4 is 27.5 Å². The van der Waals surface area contributed by atoms with Gasteiger partial charge in [-0.3, -0.25) is 9.48 Å². The van der Waals surface area contributed by atoms with Gasteiger partial charge in [0.1, 0.15) is 10.7 Å². The lowest BCUT2D eigenvalue weighted by Crippen LogP contribution is -2.41. The number of hydrogen-bond donors (Lipinski definition) is 1. The van der Waals surface area contributed by atoms with Crippen LogP contribution in [0.4, 0.5) is 4.39 Å². The van der Waals surface area contributed by atoms with Crippen molar-refractivity contribution in [3.05, 3.63) is 47.0 Å². The van der Waals surface area contributed by atoms with Crippen LogP contribution in [0.5, 0.6) is 0 Å². The summed E-state index contributed by atoms with van der Waals surface area (Å²) in [5.74, 6) is -0.685. The van der Waals surface area contributed by atoms with Crippen molar-refractivity contribution in [3.8, 4) is 0 Å². The van der Waals surface area contributed by atoms with Gasteiger partial charge in [-0.15, -0.1) is 0 Å². The summed E-state index contributed by atoms with van der Waals surface area (Å²) < 4.78 is 41.7. The number of nitrogens with zero attached hydrogens (tertiary/aromatic N) is 3. The molecule has 1 aromatic carbocycles. The molecule has 2 heterocycles. The van der Waals surface area contributed by atoms with Gasteiger partial charge in [0.15, 0.2) is 0 Å². The number of rotatable bonds is 5. The van der Waals surface area contributed by atoms with Crippen molar-refractivity contribution in [2.75, 3.05) is 19.6 Å². The minimum Gasteiger partial charge on any atom is -0.352 e. The van der Waals surface area contributed by atoms with Crippen LogP contribution in [-0.2, 0) is 17.1 Å². The zero-order valence-corrected chi connectivity index (χ0v) is 16.3. The van der Waals surface area contributed by atoms with Crippen molar-refractivity contribution in [3.63, 3.8) is 0 Å². The summed E-state index contributed by atoms with van der Waals surface area (Å²) in [5.41, 5.74) is 0.484. The fourth-order valence-corrected chi connectivity index (χ4v) is 5.00. The highest BCUT2D eigenvalue weighted by molar-refractivity contribution is 7.89. The maximum atomic E-state index is 13.4. The molecule has 1 saturated heterocycles. The number of amides is 1. The summed E-state index contributed by atoms with van der Waals surface area (Å²) in [6.07, 6.45) is 4.32. The number of hydrogen-bond acceptors (Lipinski definition) is 4. The third-order valence-corrected chi connectivity index (χ3v) is 6.98. The van der Waals surface area contributed by atoms with Crippen LogP contribution in [0, 0.1) is 11.7 Å². The predicted octanol–water partition coefficient (Wildman–Crippen LogP) is 2.04.